The fraction of sp³-hybridized carbons (Fsp3) is 0.500. The third-order valence-electron chi connectivity index (χ3n) is 3.27. The standard InChI is InChI=1S/C14H17NO/c1-9-7-10(2)15-14-8-12(5-6-13(9)14)16-11-3-4-11/h7-8,11H,3-6H2,1-2H3. The summed E-state index contributed by atoms with van der Waals surface area (Å²) in [6.07, 6.45) is 7.20. The molecule has 0 N–H and O–H groups in total. The van der Waals surface area contributed by atoms with Crippen LogP contribution in [-0.2, 0) is 11.2 Å². The molecule has 0 radical (unpaired) electrons. The van der Waals surface area contributed by atoms with Crippen molar-refractivity contribution in [2.75, 3.05) is 0 Å². The Hall–Kier alpha value is -1.31. The summed E-state index contributed by atoms with van der Waals surface area (Å²) < 4.78 is 5.86. The van der Waals surface area contributed by atoms with Gasteiger partial charge in [0.05, 0.1) is 17.6 Å². The third kappa shape index (κ3) is 1.84. The van der Waals surface area contributed by atoms with Gasteiger partial charge in [0.15, 0.2) is 0 Å². The second-order valence-electron chi connectivity index (χ2n) is 4.87. The van der Waals surface area contributed by atoms with Crippen LogP contribution in [0.1, 0.15) is 41.8 Å². The number of hydrogen-bond donors (Lipinski definition) is 0. The molecular formula is C14H17NO. The lowest BCUT2D eigenvalue weighted by Crippen LogP contribution is -2.07. The predicted molar refractivity (Wildman–Crippen MR) is 64.1 cm³/mol. The maximum atomic E-state index is 5.86. The van der Waals surface area contributed by atoms with E-state index in [4.69, 9.17) is 4.74 Å². The molecular weight excluding hydrogens is 198 g/mol. The van der Waals surface area contributed by atoms with E-state index in [2.05, 4.69) is 31.0 Å². The van der Waals surface area contributed by atoms with E-state index < -0.39 is 0 Å². The molecule has 1 aromatic heterocycles. The first-order chi connectivity index (χ1) is 7.72. The van der Waals surface area contributed by atoms with Gasteiger partial charge in [-0.1, -0.05) is 0 Å². The second kappa shape index (κ2) is 3.62. The summed E-state index contributed by atoms with van der Waals surface area (Å²) in [4.78, 5) is 4.60. The number of rotatable bonds is 2. The average molecular weight is 215 g/mol. The van der Waals surface area contributed by atoms with Crippen LogP contribution >= 0.6 is 0 Å². The molecule has 84 valence electrons. The van der Waals surface area contributed by atoms with Gasteiger partial charge in [-0.15, -0.1) is 0 Å². The largest absolute Gasteiger partial charge is 0.495 e. The van der Waals surface area contributed by atoms with Crippen LogP contribution in [0.3, 0.4) is 0 Å². The molecule has 0 amide bonds. The molecule has 2 nitrogen and oxygen atoms in total. The molecule has 0 saturated heterocycles. The Morgan fingerprint density at radius 1 is 1.25 bits per heavy atom. The highest BCUT2D eigenvalue weighted by Gasteiger charge is 2.25. The van der Waals surface area contributed by atoms with Gasteiger partial charge < -0.3 is 4.74 Å². The van der Waals surface area contributed by atoms with Gasteiger partial charge in [0.1, 0.15) is 0 Å². The summed E-state index contributed by atoms with van der Waals surface area (Å²) in [5, 5.41) is 0. The number of ether oxygens (including phenoxy) is 1. The Labute approximate surface area is 96.3 Å². The number of fused-ring (bicyclic) bond motifs is 1. The molecule has 3 rings (SSSR count). The SMILES string of the molecule is Cc1cc(C)c2c(n1)C=C(OC1CC1)CC2. The van der Waals surface area contributed by atoms with E-state index in [0.29, 0.717) is 6.10 Å². The van der Waals surface area contributed by atoms with Crippen molar-refractivity contribution in [3.05, 3.63) is 34.3 Å². The van der Waals surface area contributed by atoms with Crippen molar-refractivity contribution in [3.63, 3.8) is 0 Å². The summed E-state index contributed by atoms with van der Waals surface area (Å²) in [5.41, 5.74) is 4.98. The van der Waals surface area contributed by atoms with E-state index >= 15 is 0 Å². The molecule has 0 aromatic carbocycles. The number of aryl methyl sites for hydroxylation is 2. The van der Waals surface area contributed by atoms with Crippen molar-refractivity contribution in [2.24, 2.45) is 0 Å². The quantitative estimate of drug-likeness (QED) is 0.756. The average Bonchev–Trinajstić information content (AvgIpc) is 3.00. The molecule has 2 heteroatoms. The molecule has 0 atom stereocenters. The Morgan fingerprint density at radius 3 is 2.81 bits per heavy atom. The molecule has 16 heavy (non-hydrogen) atoms. The summed E-state index contributed by atoms with van der Waals surface area (Å²) in [5.74, 6) is 1.13. The fourth-order valence-electron chi connectivity index (χ4n) is 2.30. The van der Waals surface area contributed by atoms with E-state index in [1.165, 1.54) is 24.0 Å². The van der Waals surface area contributed by atoms with Crippen LogP contribution in [-0.4, -0.2) is 11.1 Å². The van der Waals surface area contributed by atoms with E-state index in [-0.39, 0.29) is 0 Å². The fourth-order valence-corrected chi connectivity index (χ4v) is 2.30. The molecule has 1 fully saturated rings. The lowest BCUT2D eigenvalue weighted by atomic mass is 9.96. The molecule has 2 aliphatic carbocycles. The van der Waals surface area contributed by atoms with Crippen LogP contribution in [0.15, 0.2) is 11.8 Å². The highest BCUT2D eigenvalue weighted by atomic mass is 16.5. The Balaban J connectivity index is 1.94. The Kier molecular flexibility index (Phi) is 2.23. The van der Waals surface area contributed by atoms with Crippen molar-refractivity contribution >= 4 is 6.08 Å². The molecule has 1 saturated carbocycles. The molecule has 1 heterocycles. The van der Waals surface area contributed by atoms with Crippen LogP contribution in [0, 0.1) is 13.8 Å². The van der Waals surface area contributed by atoms with Gasteiger partial charge in [0, 0.05) is 18.2 Å². The van der Waals surface area contributed by atoms with E-state index in [1.54, 1.807) is 0 Å². The summed E-state index contributed by atoms with van der Waals surface area (Å²) in [6, 6.07) is 2.17. The molecule has 0 bridgehead atoms. The molecule has 0 unspecified atom stereocenters. The molecule has 0 aliphatic heterocycles. The zero-order chi connectivity index (χ0) is 11.1. The summed E-state index contributed by atoms with van der Waals surface area (Å²) in [6.45, 7) is 4.23. The van der Waals surface area contributed by atoms with Crippen molar-refractivity contribution in [1.82, 2.24) is 4.98 Å². The first kappa shape index (κ1) is 9.88. The lowest BCUT2D eigenvalue weighted by molar-refractivity contribution is 0.189. The summed E-state index contributed by atoms with van der Waals surface area (Å²) in [7, 11) is 0. The second-order valence-corrected chi connectivity index (χ2v) is 4.87. The number of hydrogen-bond acceptors (Lipinski definition) is 2. The minimum Gasteiger partial charge on any atom is -0.495 e. The van der Waals surface area contributed by atoms with Gasteiger partial charge in [-0.2, -0.15) is 0 Å². The predicted octanol–water partition coefficient (Wildman–Crippen LogP) is 3.16. The summed E-state index contributed by atoms with van der Waals surface area (Å²) >= 11 is 0. The van der Waals surface area contributed by atoms with Gasteiger partial charge >= 0.3 is 0 Å². The zero-order valence-electron chi connectivity index (χ0n) is 9.92. The monoisotopic (exact) mass is 215 g/mol. The minimum atomic E-state index is 0.499. The van der Waals surface area contributed by atoms with E-state index in [9.17, 15) is 0 Å². The van der Waals surface area contributed by atoms with Crippen LogP contribution in [0.4, 0.5) is 0 Å². The number of aromatic nitrogens is 1. The smallest absolute Gasteiger partial charge is 0.0988 e. The highest BCUT2D eigenvalue weighted by molar-refractivity contribution is 5.56. The Morgan fingerprint density at radius 2 is 2.06 bits per heavy atom. The van der Waals surface area contributed by atoms with Crippen molar-refractivity contribution in [2.45, 2.75) is 45.6 Å². The number of allylic oxidation sites excluding steroid dienone is 1. The van der Waals surface area contributed by atoms with Crippen molar-refractivity contribution in [1.29, 1.82) is 0 Å². The molecule has 0 spiro atoms. The number of pyridine rings is 1. The first-order valence-electron chi connectivity index (χ1n) is 6.07. The maximum absolute atomic E-state index is 5.86. The van der Waals surface area contributed by atoms with Gasteiger partial charge in [-0.3, -0.25) is 4.98 Å². The van der Waals surface area contributed by atoms with Crippen molar-refractivity contribution < 1.29 is 4.74 Å². The van der Waals surface area contributed by atoms with Crippen molar-refractivity contribution in [3.8, 4) is 0 Å². The van der Waals surface area contributed by atoms with E-state index in [0.717, 1.165) is 30.0 Å². The van der Waals surface area contributed by atoms with Crippen LogP contribution in [0.5, 0.6) is 0 Å². The van der Waals surface area contributed by atoms with Gasteiger partial charge in [-0.05, 0) is 50.3 Å². The van der Waals surface area contributed by atoms with Crippen LogP contribution < -0.4 is 0 Å². The van der Waals surface area contributed by atoms with Gasteiger partial charge in [0.2, 0.25) is 0 Å². The lowest BCUT2D eigenvalue weighted by Gasteiger charge is -2.18. The maximum Gasteiger partial charge on any atom is 0.0988 e. The third-order valence-corrected chi connectivity index (χ3v) is 3.27. The minimum absolute atomic E-state index is 0.499. The van der Waals surface area contributed by atoms with Crippen LogP contribution in [0.2, 0.25) is 0 Å². The van der Waals surface area contributed by atoms with E-state index in [1.807, 2.05) is 0 Å². The topological polar surface area (TPSA) is 22.1 Å². The molecule has 1 aromatic rings. The van der Waals surface area contributed by atoms with Gasteiger partial charge in [0.25, 0.3) is 0 Å². The normalized spacial score (nSPS) is 19.0. The molecule has 2 aliphatic rings. The van der Waals surface area contributed by atoms with Crippen LogP contribution in [0.25, 0.3) is 6.08 Å². The zero-order valence-corrected chi connectivity index (χ0v) is 9.92. The number of nitrogens with zero attached hydrogens (tertiary/aromatic N) is 1. The Bertz CT molecular complexity index is 458. The van der Waals surface area contributed by atoms with Gasteiger partial charge in [-0.25, -0.2) is 0 Å². The first-order valence-corrected chi connectivity index (χ1v) is 6.07. The highest BCUT2D eigenvalue weighted by Crippen LogP contribution is 2.32.